The maximum atomic E-state index is 13.6. The molecule has 6 nitrogen and oxygen atoms in total. The minimum absolute atomic E-state index is 0.0568. The van der Waals surface area contributed by atoms with Gasteiger partial charge in [-0.3, -0.25) is 0 Å². The quantitative estimate of drug-likeness (QED) is 0.769. The Morgan fingerprint density at radius 3 is 2.90 bits per heavy atom. The molecule has 0 amide bonds. The number of aromatic amines is 1. The molecule has 102 valence electrons. The summed E-state index contributed by atoms with van der Waals surface area (Å²) in [6.45, 7) is 0. The van der Waals surface area contributed by atoms with Crippen LogP contribution in [-0.2, 0) is 0 Å². The number of nitrogens with zero attached hydrogens (tertiary/aromatic N) is 3. The Morgan fingerprint density at radius 1 is 1.25 bits per heavy atom. The largest absolute Gasteiger partial charge is 0.434 e. The first-order valence-corrected chi connectivity index (χ1v) is 5.69. The summed E-state index contributed by atoms with van der Waals surface area (Å²) in [5.41, 5.74) is 0.754. The van der Waals surface area contributed by atoms with Crippen LogP contribution in [0.3, 0.4) is 0 Å². The van der Waals surface area contributed by atoms with E-state index in [-0.39, 0.29) is 17.6 Å². The number of aromatic nitrogens is 4. The maximum absolute atomic E-state index is 13.6. The highest BCUT2D eigenvalue weighted by Gasteiger charge is 2.14. The summed E-state index contributed by atoms with van der Waals surface area (Å²) in [5.74, 6) is -1.24. The van der Waals surface area contributed by atoms with Crippen LogP contribution in [0.15, 0.2) is 24.5 Å². The van der Waals surface area contributed by atoms with E-state index in [1.54, 1.807) is 7.05 Å². The number of ether oxygens (including phenoxy) is 1. The Bertz CT molecular complexity index is 774. The van der Waals surface area contributed by atoms with Crippen LogP contribution in [0.5, 0.6) is 11.6 Å². The van der Waals surface area contributed by atoms with Crippen molar-refractivity contribution in [1.82, 2.24) is 19.9 Å². The van der Waals surface area contributed by atoms with Crippen LogP contribution in [0.2, 0.25) is 0 Å². The van der Waals surface area contributed by atoms with E-state index in [1.165, 1.54) is 6.33 Å². The van der Waals surface area contributed by atoms with Gasteiger partial charge in [-0.25, -0.2) is 13.8 Å². The topological polar surface area (TPSA) is 75.7 Å². The molecule has 0 saturated carbocycles. The standard InChI is InChI=1S/C12H9F2N5O/c1-15-12-18-10-9(16-5-17-10)11(19-12)20-8-4-6(13)2-3-7(8)14/h2-5H,1H3,(H2,15,16,17,18,19). The van der Waals surface area contributed by atoms with Gasteiger partial charge < -0.3 is 15.0 Å². The zero-order valence-corrected chi connectivity index (χ0v) is 10.3. The van der Waals surface area contributed by atoms with Gasteiger partial charge in [-0.05, 0) is 12.1 Å². The Hall–Kier alpha value is -2.77. The number of H-pyrrole nitrogens is 1. The second-order valence-corrected chi connectivity index (χ2v) is 3.88. The Labute approximate surface area is 111 Å². The fourth-order valence-electron chi connectivity index (χ4n) is 1.65. The van der Waals surface area contributed by atoms with Crippen molar-refractivity contribution >= 4 is 17.1 Å². The van der Waals surface area contributed by atoms with Crippen molar-refractivity contribution in [3.8, 4) is 11.6 Å². The molecule has 3 aromatic rings. The molecule has 3 rings (SSSR count). The van der Waals surface area contributed by atoms with Gasteiger partial charge in [0, 0.05) is 13.1 Å². The molecule has 0 saturated heterocycles. The number of hydrogen-bond acceptors (Lipinski definition) is 5. The van der Waals surface area contributed by atoms with Crippen molar-refractivity contribution in [2.45, 2.75) is 0 Å². The van der Waals surface area contributed by atoms with Crippen LogP contribution in [0.1, 0.15) is 0 Å². The van der Waals surface area contributed by atoms with Crippen LogP contribution >= 0.6 is 0 Å². The summed E-state index contributed by atoms with van der Waals surface area (Å²) < 4.78 is 32.1. The van der Waals surface area contributed by atoms with Gasteiger partial charge in [0.15, 0.2) is 17.2 Å². The highest BCUT2D eigenvalue weighted by Crippen LogP contribution is 2.28. The van der Waals surface area contributed by atoms with Crippen molar-refractivity contribution < 1.29 is 13.5 Å². The SMILES string of the molecule is CNc1nc(Oc2cc(F)ccc2F)c2[nH]cnc2n1. The van der Waals surface area contributed by atoms with E-state index < -0.39 is 11.6 Å². The van der Waals surface area contributed by atoms with E-state index >= 15 is 0 Å². The predicted octanol–water partition coefficient (Wildman–Crippen LogP) is 2.47. The molecular formula is C12H9F2N5O. The van der Waals surface area contributed by atoms with E-state index in [1.807, 2.05) is 0 Å². The smallest absolute Gasteiger partial charge is 0.250 e. The van der Waals surface area contributed by atoms with Crippen molar-refractivity contribution in [1.29, 1.82) is 0 Å². The van der Waals surface area contributed by atoms with Crippen LogP contribution in [0.25, 0.3) is 11.2 Å². The highest BCUT2D eigenvalue weighted by molar-refractivity contribution is 5.77. The lowest BCUT2D eigenvalue weighted by atomic mass is 10.3. The molecular weight excluding hydrogens is 268 g/mol. The fourth-order valence-corrected chi connectivity index (χ4v) is 1.65. The van der Waals surface area contributed by atoms with Crippen molar-refractivity contribution in [3.05, 3.63) is 36.2 Å². The summed E-state index contributed by atoms with van der Waals surface area (Å²) >= 11 is 0. The Kier molecular flexibility index (Phi) is 2.90. The van der Waals surface area contributed by atoms with E-state index in [4.69, 9.17) is 4.74 Å². The number of rotatable bonds is 3. The molecule has 20 heavy (non-hydrogen) atoms. The predicted molar refractivity (Wildman–Crippen MR) is 67.7 cm³/mol. The molecule has 0 aliphatic rings. The average Bonchev–Trinajstić information content (AvgIpc) is 2.91. The van der Waals surface area contributed by atoms with E-state index in [0.29, 0.717) is 11.2 Å². The molecule has 0 atom stereocenters. The number of hydrogen-bond donors (Lipinski definition) is 2. The summed E-state index contributed by atoms with van der Waals surface area (Å²) in [5, 5.41) is 2.74. The second kappa shape index (κ2) is 4.72. The number of nitrogens with one attached hydrogen (secondary N) is 2. The van der Waals surface area contributed by atoms with Gasteiger partial charge in [0.05, 0.1) is 6.33 Å². The molecule has 2 aromatic heterocycles. The number of imidazole rings is 1. The monoisotopic (exact) mass is 277 g/mol. The summed E-state index contributed by atoms with van der Waals surface area (Å²) in [6, 6.07) is 2.93. The molecule has 1 aromatic carbocycles. The third kappa shape index (κ3) is 2.11. The van der Waals surface area contributed by atoms with E-state index in [2.05, 4.69) is 25.3 Å². The Morgan fingerprint density at radius 2 is 2.10 bits per heavy atom. The van der Waals surface area contributed by atoms with Gasteiger partial charge >= 0.3 is 0 Å². The molecule has 0 radical (unpaired) electrons. The zero-order valence-electron chi connectivity index (χ0n) is 10.3. The molecule has 0 spiro atoms. The number of benzene rings is 1. The van der Waals surface area contributed by atoms with Gasteiger partial charge in [0.2, 0.25) is 5.95 Å². The molecule has 0 aliphatic carbocycles. The van der Waals surface area contributed by atoms with Gasteiger partial charge in [-0.1, -0.05) is 0 Å². The van der Waals surface area contributed by atoms with Crippen molar-refractivity contribution in [2.75, 3.05) is 12.4 Å². The number of anilines is 1. The van der Waals surface area contributed by atoms with Gasteiger partial charge in [0.1, 0.15) is 11.3 Å². The average molecular weight is 277 g/mol. The van der Waals surface area contributed by atoms with Crippen LogP contribution in [-0.4, -0.2) is 27.0 Å². The maximum Gasteiger partial charge on any atom is 0.250 e. The zero-order chi connectivity index (χ0) is 14.1. The Balaban J connectivity index is 2.09. The first-order valence-electron chi connectivity index (χ1n) is 5.69. The normalized spacial score (nSPS) is 10.8. The molecule has 2 N–H and O–H groups in total. The van der Waals surface area contributed by atoms with E-state index in [9.17, 15) is 8.78 Å². The third-order valence-electron chi connectivity index (χ3n) is 2.58. The number of halogens is 2. The molecule has 2 heterocycles. The second-order valence-electron chi connectivity index (χ2n) is 3.88. The lowest BCUT2D eigenvalue weighted by Crippen LogP contribution is -2.00. The summed E-state index contributed by atoms with van der Waals surface area (Å²) in [7, 11) is 1.63. The first-order chi connectivity index (χ1) is 9.67. The highest BCUT2D eigenvalue weighted by atomic mass is 19.1. The van der Waals surface area contributed by atoms with Crippen molar-refractivity contribution in [2.24, 2.45) is 0 Å². The van der Waals surface area contributed by atoms with Crippen LogP contribution in [0, 0.1) is 11.6 Å². The van der Waals surface area contributed by atoms with Gasteiger partial charge in [0.25, 0.3) is 5.88 Å². The molecule has 0 unspecified atom stereocenters. The van der Waals surface area contributed by atoms with Gasteiger partial charge in [-0.2, -0.15) is 9.97 Å². The fraction of sp³-hybridized carbons (Fsp3) is 0.0833. The molecule has 0 bridgehead atoms. The number of fused-ring (bicyclic) bond motifs is 1. The summed E-state index contributed by atoms with van der Waals surface area (Å²) in [6.07, 6.45) is 1.41. The lowest BCUT2D eigenvalue weighted by Gasteiger charge is -2.08. The third-order valence-corrected chi connectivity index (χ3v) is 2.58. The van der Waals surface area contributed by atoms with Crippen LogP contribution in [0.4, 0.5) is 14.7 Å². The molecule has 0 fully saturated rings. The minimum atomic E-state index is -0.691. The lowest BCUT2D eigenvalue weighted by molar-refractivity contribution is 0.426. The molecule has 0 aliphatic heterocycles. The summed E-state index contributed by atoms with van der Waals surface area (Å²) in [4.78, 5) is 14.9. The molecule has 8 heteroatoms. The minimum Gasteiger partial charge on any atom is -0.434 e. The first kappa shape index (κ1) is 12.3. The van der Waals surface area contributed by atoms with E-state index in [0.717, 1.165) is 18.2 Å². The van der Waals surface area contributed by atoms with Gasteiger partial charge in [-0.15, -0.1) is 0 Å². The van der Waals surface area contributed by atoms with Crippen LogP contribution < -0.4 is 10.1 Å². The van der Waals surface area contributed by atoms with Crippen molar-refractivity contribution in [3.63, 3.8) is 0 Å².